The second kappa shape index (κ2) is 26.8. The van der Waals surface area contributed by atoms with Gasteiger partial charge in [0.25, 0.3) is 0 Å². The Morgan fingerprint density at radius 1 is 0.603 bits per heavy atom. The fourth-order valence-electron chi connectivity index (χ4n) is 5.02. The average molecular weight is 849 g/mol. The molecule has 0 aliphatic carbocycles. The largest absolute Gasteiger partial charge is 0.481 e. The van der Waals surface area contributed by atoms with E-state index < -0.39 is 133 Å². The molecule has 0 spiro atoms. The van der Waals surface area contributed by atoms with Gasteiger partial charge in [-0.2, -0.15) is 12.6 Å². The van der Waals surface area contributed by atoms with Crippen LogP contribution in [0.15, 0.2) is 0 Å². The van der Waals surface area contributed by atoms with Crippen molar-refractivity contribution in [2.24, 2.45) is 23.1 Å². The topological polar surface area (TPSA) is 394 Å². The molecule has 23 nitrogen and oxygen atoms in total. The Labute approximate surface area is 341 Å². The van der Waals surface area contributed by atoms with Crippen molar-refractivity contribution < 1.29 is 63.3 Å². The number of nitrogens with two attached hydrogens (primary N) is 3. The zero-order valence-corrected chi connectivity index (χ0v) is 34.1. The molecule has 0 rings (SSSR count). The van der Waals surface area contributed by atoms with Gasteiger partial charge in [0.05, 0.1) is 18.6 Å². The molecule has 0 heterocycles. The van der Waals surface area contributed by atoms with E-state index in [0.717, 1.165) is 13.8 Å². The first-order valence-corrected chi connectivity index (χ1v) is 19.2. The van der Waals surface area contributed by atoms with Gasteiger partial charge in [0.15, 0.2) is 0 Å². The van der Waals surface area contributed by atoms with E-state index in [1.807, 2.05) is 0 Å². The molecule has 9 atom stereocenters. The van der Waals surface area contributed by atoms with Crippen molar-refractivity contribution in [3.05, 3.63) is 0 Å². The first kappa shape index (κ1) is 52.9. The van der Waals surface area contributed by atoms with E-state index in [4.69, 9.17) is 27.4 Å². The van der Waals surface area contributed by atoms with Crippen LogP contribution < -0.4 is 54.4 Å². The number of carbonyl (C=O) groups excluding carboxylic acids is 8. The maximum absolute atomic E-state index is 13.6. The molecule has 8 amide bonds. The number of carbonyl (C=O) groups is 10. The minimum Gasteiger partial charge on any atom is -0.481 e. The lowest BCUT2D eigenvalue weighted by atomic mass is 10.0. The van der Waals surface area contributed by atoms with Crippen molar-refractivity contribution in [2.75, 3.05) is 12.3 Å². The first-order valence-electron chi connectivity index (χ1n) is 18.5. The van der Waals surface area contributed by atoms with Crippen molar-refractivity contribution in [3.63, 3.8) is 0 Å². The van der Waals surface area contributed by atoms with Gasteiger partial charge < -0.3 is 69.7 Å². The summed E-state index contributed by atoms with van der Waals surface area (Å²) in [5.41, 5.74) is 16.5. The molecular formula is C34H60N10O13S. The molecule has 0 aliphatic rings. The van der Waals surface area contributed by atoms with Crippen LogP contribution in [0.1, 0.15) is 79.6 Å². The summed E-state index contributed by atoms with van der Waals surface area (Å²) in [6, 6.07) is -11.4. The molecule has 0 aromatic rings. The van der Waals surface area contributed by atoms with E-state index in [-0.39, 0.29) is 24.5 Å². The van der Waals surface area contributed by atoms with E-state index in [2.05, 4.69) is 49.8 Å². The number of thiol groups is 1. The molecule has 330 valence electrons. The van der Waals surface area contributed by atoms with Gasteiger partial charge in [-0.3, -0.25) is 47.9 Å². The summed E-state index contributed by atoms with van der Waals surface area (Å²) in [5, 5.41) is 45.0. The minimum absolute atomic E-state index is 0.00122. The number of unbranched alkanes of at least 4 members (excludes halogenated alkanes) is 1. The highest BCUT2D eigenvalue weighted by molar-refractivity contribution is 7.80. The summed E-state index contributed by atoms with van der Waals surface area (Å²) >= 11 is 3.99. The molecular weight excluding hydrogens is 788 g/mol. The Morgan fingerprint density at radius 2 is 1.09 bits per heavy atom. The lowest BCUT2D eigenvalue weighted by molar-refractivity contribution is -0.142. The van der Waals surface area contributed by atoms with E-state index in [1.165, 1.54) is 6.92 Å². The van der Waals surface area contributed by atoms with Crippen LogP contribution in [0.4, 0.5) is 0 Å². The Bertz CT molecular complexity index is 1470. The lowest BCUT2D eigenvalue weighted by Crippen LogP contribution is -2.62. The zero-order valence-electron chi connectivity index (χ0n) is 33.2. The van der Waals surface area contributed by atoms with Crippen LogP contribution in [-0.4, -0.2) is 141 Å². The summed E-state index contributed by atoms with van der Waals surface area (Å²) in [5.74, 6) is -10.8. The van der Waals surface area contributed by atoms with Gasteiger partial charge >= 0.3 is 11.9 Å². The molecule has 24 heteroatoms. The monoisotopic (exact) mass is 848 g/mol. The van der Waals surface area contributed by atoms with Gasteiger partial charge in [-0.05, 0) is 65.3 Å². The number of rotatable bonds is 28. The number of amides is 8. The fraction of sp³-hybridized carbons (Fsp3) is 0.706. The highest BCUT2D eigenvalue weighted by Gasteiger charge is 2.35. The normalized spacial score (nSPS) is 15.7. The molecule has 0 aliphatic heterocycles. The molecule has 0 fully saturated rings. The number of aliphatic hydroxyl groups excluding tert-OH is 1. The molecule has 0 saturated heterocycles. The van der Waals surface area contributed by atoms with Gasteiger partial charge in [-0.25, -0.2) is 0 Å². The van der Waals surface area contributed by atoms with Crippen molar-refractivity contribution in [3.8, 4) is 0 Å². The van der Waals surface area contributed by atoms with E-state index >= 15 is 0 Å². The quantitative estimate of drug-likeness (QED) is 0.0259. The highest BCUT2D eigenvalue weighted by Crippen LogP contribution is 2.09. The van der Waals surface area contributed by atoms with E-state index in [1.54, 1.807) is 13.8 Å². The predicted octanol–water partition coefficient (Wildman–Crippen LogP) is -4.94. The van der Waals surface area contributed by atoms with Gasteiger partial charge in [0.2, 0.25) is 47.3 Å². The van der Waals surface area contributed by atoms with Crippen LogP contribution in [0.2, 0.25) is 0 Å². The van der Waals surface area contributed by atoms with Crippen molar-refractivity contribution >= 4 is 71.8 Å². The fourth-order valence-corrected chi connectivity index (χ4v) is 5.18. The predicted molar refractivity (Wildman–Crippen MR) is 209 cm³/mol. The second-order valence-electron chi connectivity index (χ2n) is 14.1. The van der Waals surface area contributed by atoms with E-state index in [9.17, 15) is 53.1 Å². The van der Waals surface area contributed by atoms with Crippen LogP contribution in [0.25, 0.3) is 0 Å². The van der Waals surface area contributed by atoms with Gasteiger partial charge in [-0.1, -0.05) is 13.8 Å². The molecule has 16 N–H and O–H groups in total. The minimum atomic E-state index is -1.84. The summed E-state index contributed by atoms with van der Waals surface area (Å²) in [6.07, 6.45) is -2.50. The van der Waals surface area contributed by atoms with Gasteiger partial charge in [-0.15, -0.1) is 0 Å². The highest BCUT2D eigenvalue weighted by atomic mass is 32.1. The summed E-state index contributed by atoms with van der Waals surface area (Å²) in [6.45, 7) is 7.34. The number of aliphatic hydroxyl groups is 1. The number of aliphatic carboxylic acids is 2. The molecule has 0 bridgehead atoms. The summed E-state index contributed by atoms with van der Waals surface area (Å²) in [4.78, 5) is 126. The van der Waals surface area contributed by atoms with Gasteiger partial charge in [0, 0.05) is 12.2 Å². The number of carboxylic acid groups (broad SMARTS) is 2. The maximum Gasteiger partial charge on any atom is 0.325 e. The van der Waals surface area contributed by atoms with E-state index in [0.29, 0.717) is 19.4 Å². The lowest BCUT2D eigenvalue weighted by Gasteiger charge is -2.28. The van der Waals surface area contributed by atoms with Crippen LogP contribution in [0.5, 0.6) is 0 Å². The molecule has 0 aromatic heterocycles. The SMILES string of the molecule is CC(C)CC(NC(=O)C(C)NC(=O)C(CCCCN)NC(=O)C(N)CS)C(=O)NC(C(=O)NC(CC(N)=O)C(=O)NC(CCC(=O)O)C(=O)NC(C)C(=O)O)C(C)O. The number of carboxylic acids is 2. The van der Waals surface area contributed by atoms with Crippen molar-refractivity contribution in [1.29, 1.82) is 0 Å². The summed E-state index contributed by atoms with van der Waals surface area (Å²) < 4.78 is 0. The number of nitrogens with one attached hydrogen (secondary N) is 7. The summed E-state index contributed by atoms with van der Waals surface area (Å²) in [7, 11) is 0. The van der Waals surface area contributed by atoms with Crippen molar-refractivity contribution in [2.45, 2.75) is 134 Å². The Morgan fingerprint density at radius 3 is 1.57 bits per heavy atom. The third-order valence-corrected chi connectivity index (χ3v) is 8.71. The van der Waals surface area contributed by atoms with Crippen LogP contribution in [0, 0.1) is 5.92 Å². The average Bonchev–Trinajstić information content (AvgIpc) is 3.12. The number of primary amides is 1. The van der Waals surface area contributed by atoms with Gasteiger partial charge in [0.1, 0.15) is 42.3 Å². The molecule has 0 saturated carbocycles. The molecule has 9 unspecified atom stereocenters. The molecule has 58 heavy (non-hydrogen) atoms. The Balaban J connectivity index is 6.12. The van der Waals surface area contributed by atoms with Crippen LogP contribution in [0.3, 0.4) is 0 Å². The Kier molecular flexibility index (Phi) is 24.4. The smallest absolute Gasteiger partial charge is 0.325 e. The third-order valence-electron chi connectivity index (χ3n) is 8.32. The molecule has 0 aromatic carbocycles. The number of hydrogen-bond donors (Lipinski definition) is 14. The standard InChI is InChI=1S/C34H60N10O13S/c1-15(2)12-22(42-27(49)16(3)38-29(51)20(8-6-7-11-35)40-28(50)19(36)14-58)32(54)44-26(18(5)45)33(55)43-23(13-24(37)46)31(53)41-21(9-10-25(47)48)30(52)39-17(4)34(56)57/h15-23,26,45,58H,6-14,35-36H2,1-5H3,(H2,37,46)(H,38,51)(H,39,52)(H,40,50)(H,41,53)(H,42,49)(H,43,55)(H,44,54)(H,47,48)(H,56,57). The third kappa shape index (κ3) is 20.4. The second-order valence-corrected chi connectivity index (χ2v) is 14.4. The van der Waals surface area contributed by atoms with Crippen LogP contribution in [-0.2, 0) is 47.9 Å². The first-order chi connectivity index (χ1) is 26.9. The van der Waals surface area contributed by atoms with Crippen molar-refractivity contribution in [1.82, 2.24) is 37.2 Å². The maximum atomic E-state index is 13.6. The van der Waals surface area contributed by atoms with Crippen LogP contribution >= 0.6 is 12.6 Å². The zero-order chi connectivity index (χ0) is 44.9. The molecule has 0 radical (unpaired) electrons. The Hall–Kier alpha value is -5.07. The number of hydrogen-bond acceptors (Lipinski definition) is 14.